The minimum atomic E-state index is -0.282. The summed E-state index contributed by atoms with van der Waals surface area (Å²) in [6.07, 6.45) is 2.36. The first-order valence-corrected chi connectivity index (χ1v) is 7.86. The number of benzene rings is 2. The summed E-state index contributed by atoms with van der Waals surface area (Å²) < 4.78 is 5.58. The highest BCUT2D eigenvalue weighted by atomic mass is 16.5. The Hall–Kier alpha value is -2.13. The Bertz CT molecular complexity index is 591. The Balaban J connectivity index is 1.75. The third-order valence-corrected chi connectivity index (χ3v) is 4.01. The number of hydrogen-bond donors (Lipinski definition) is 0. The van der Waals surface area contributed by atoms with Crippen LogP contribution in [-0.4, -0.2) is 25.2 Å². The summed E-state index contributed by atoms with van der Waals surface area (Å²) in [6.45, 7) is 1.37. The second kappa shape index (κ2) is 7.23. The van der Waals surface area contributed by atoms with Crippen LogP contribution in [0.4, 0.5) is 5.69 Å². The van der Waals surface area contributed by atoms with Crippen LogP contribution in [0.2, 0.25) is 0 Å². The fourth-order valence-electron chi connectivity index (χ4n) is 2.81. The quantitative estimate of drug-likeness (QED) is 0.845. The molecule has 2 aromatic carbocycles. The molecule has 22 heavy (non-hydrogen) atoms. The normalized spacial score (nSPS) is 17.4. The maximum Gasteiger partial charge on any atom is 0.256 e. The van der Waals surface area contributed by atoms with E-state index in [1.54, 1.807) is 0 Å². The summed E-state index contributed by atoms with van der Waals surface area (Å²) in [4.78, 5) is 14.6. The fourth-order valence-corrected chi connectivity index (χ4v) is 2.81. The molecule has 1 heterocycles. The number of ether oxygens (including phenoxy) is 1. The molecule has 0 bridgehead atoms. The van der Waals surface area contributed by atoms with Crippen molar-refractivity contribution in [2.24, 2.45) is 0 Å². The van der Waals surface area contributed by atoms with Crippen LogP contribution in [0, 0.1) is 0 Å². The van der Waals surface area contributed by atoms with E-state index < -0.39 is 0 Å². The van der Waals surface area contributed by atoms with E-state index in [2.05, 4.69) is 12.1 Å². The average Bonchev–Trinajstić information content (AvgIpc) is 3.11. The van der Waals surface area contributed by atoms with Crippen LogP contribution in [0.25, 0.3) is 0 Å². The zero-order valence-electron chi connectivity index (χ0n) is 12.7. The van der Waals surface area contributed by atoms with Crippen molar-refractivity contribution in [1.29, 1.82) is 0 Å². The summed E-state index contributed by atoms with van der Waals surface area (Å²) in [5, 5.41) is 0. The van der Waals surface area contributed by atoms with Gasteiger partial charge in [0.2, 0.25) is 0 Å². The maximum atomic E-state index is 12.8. The van der Waals surface area contributed by atoms with Crippen molar-refractivity contribution in [2.75, 3.05) is 18.1 Å². The second-order valence-corrected chi connectivity index (χ2v) is 5.56. The molecule has 1 saturated heterocycles. The van der Waals surface area contributed by atoms with Crippen LogP contribution in [0.5, 0.6) is 0 Å². The summed E-state index contributed by atoms with van der Waals surface area (Å²) in [7, 11) is 0. The molecule has 1 aliphatic heterocycles. The number of carbonyl (C=O) groups excluding carboxylic acids is 1. The van der Waals surface area contributed by atoms with E-state index in [1.807, 2.05) is 53.4 Å². The summed E-state index contributed by atoms with van der Waals surface area (Å²) in [5.41, 5.74) is 2.18. The van der Waals surface area contributed by atoms with Gasteiger partial charge in [0.05, 0.1) is 0 Å². The van der Waals surface area contributed by atoms with Crippen molar-refractivity contribution < 1.29 is 9.53 Å². The van der Waals surface area contributed by atoms with Gasteiger partial charge in [0.1, 0.15) is 6.10 Å². The molecule has 1 unspecified atom stereocenters. The van der Waals surface area contributed by atoms with Crippen LogP contribution in [0.15, 0.2) is 60.7 Å². The van der Waals surface area contributed by atoms with Crippen LogP contribution >= 0.6 is 0 Å². The predicted octanol–water partition coefficient (Wildman–Crippen LogP) is 3.44. The third-order valence-electron chi connectivity index (χ3n) is 4.01. The number of anilines is 1. The summed E-state index contributed by atoms with van der Waals surface area (Å²) in [6, 6.07) is 20.1. The molecule has 3 nitrogen and oxygen atoms in total. The smallest absolute Gasteiger partial charge is 0.256 e. The lowest BCUT2D eigenvalue weighted by atomic mass is 10.1. The number of amides is 1. The van der Waals surface area contributed by atoms with Crippen LogP contribution < -0.4 is 4.90 Å². The molecule has 1 atom stereocenters. The zero-order valence-corrected chi connectivity index (χ0v) is 12.7. The van der Waals surface area contributed by atoms with Gasteiger partial charge in [-0.2, -0.15) is 0 Å². The van der Waals surface area contributed by atoms with Crippen LogP contribution in [-0.2, 0) is 16.0 Å². The molecule has 0 aromatic heterocycles. The lowest BCUT2D eigenvalue weighted by Crippen LogP contribution is -2.40. The number of rotatable bonds is 5. The van der Waals surface area contributed by atoms with E-state index in [0.29, 0.717) is 13.2 Å². The Labute approximate surface area is 131 Å². The monoisotopic (exact) mass is 295 g/mol. The Kier molecular flexibility index (Phi) is 4.86. The third kappa shape index (κ3) is 3.55. The molecule has 1 aliphatic rings. The van der Waals surface area contributed by atoms with Crippen molar-refractivity contribution in [3.63, 3.8) is 0 Å². The minimum Gasteiger partial charge on any atom is -0.368 e. The minimum absolute atomic E-state index is 0.0830. The lowest BCUT2D eigenvalue weighted by molar-refractivity contribution is -0.127. The Morgan fingerprint density at radius 1 is 1.05 bits per heavy atom. The predicted molar refractivity (Wildman–Crippen MR) is 87.9 cm³/mol. The van der Waals surface area contributed by atoms with Gasteiger partial charge in [-0.05, 0) is 37.0 Å². The van der Waals surface area contributed by atoms with Gasteiger partial charge in [0, 0.05) is 18.8 Å². The molecule has 3 heteroatoms. The Morgan fingerprint density at radius 3 is 2.36 bits per heavy atom. The maximum absolute atomic E-state index is 12.8. The highest BCUT2D eigenvalue weighted by molar-refractivity contribution is 5.96. The number of hydrogen-bond acceptors (Lipinski definition) is 2. The first kappa shape index (κ1) is 14.8. The van der Waals surface area contributed by atoms with E-state index in [1.165, 1.54) is 5.56 Å². The first-order valence-electron chi connectivity index (χ1n) is 7.86. The van der Waals surface area contributed by atoms with Crippen LogP contribution in [0.3, 0.4) is 0 Å². The van der Waals surface area contributed by atoms with Crippen molar-refractivity contribution >= 4 is 11.6 Å². The van der Waals surface area contributed by atoms with Crippen molar-refractivity contribution in [3.8, 4) is 0 Å². The van der Waals surface area contributed by atoms with Gasteiger partial charge >= 0.3 is 0 Å². The molecule has 1 amide bonds. The highest BCUT2D eigenvalue weighted by Crippen LogP contribution is 2.20. The second-order valence-electron chi connectivity index (χ2n) is 5.56. The highest BCUT2D eigenvalue weighted by Gasteiger charge is 2.28. The van der Waals surface area contributed by atoms with E-state index >= 15 is 0 Å². The van der Waals surface area contributed by atoms with E-state index in [9.17, 15) is 4.79 Å². The van der Waals surface area contributed by atoms with Gasteiger partial charge in [-0.1, -0.05) is 48.5 Å². The topological polar surface area (TPSA) is 29.5 Å². The van der Waals surface area contributed by atoms with Crippen molar-refractivity contribution in [3.05, 3.63) is 66.2 Å². The molecule has 0 aliphatic carbocycles. The van der Waals surface area contributed by atoms with E-state index in [-0.39, 0.29) is 12.0 Å². The Morgan fingerprint density at radius 2 is 1.73 bits per heavy atom. The molecule has 1 fully saturated rings. The number of nitrogens with zero attached hydrogens (tertiary/aromatic N) is 1. The van der Waals surface area contributed by atoms with Gasteiger partial charge in [-0.15, -0.1) is 0 Å². The van der Waals surface area contributed by atoms with Gasteiger partial charge in [0.25, 0.3) is 5.91 Å². The van der Waals surface area contributed by atoms with Crippen LogP contribution in [0.1, 0.15) is 18.4 Å². The molecule has 0 radical (unpaired) electrons. The van der Waals surface area contributed by atoms with Crippen molar-refractivity contribution in [2.45, 2.75) is 25.4 Å². The summed E-state index contributed by atoms with van der Waals surface area (Å²) in [5.74, 6) is 0.0830. The molecular formula is C19H21NO2. The average molecular weight is 295 g/mol. The fraction of sp³-hybridized carbons (Fsp3) is 0.316. The number of para-hydroxylation sites is 1. The zero-order chi connectivity index (χ0) is 15.2. The van der Waals surface area contributed by atoms with Gasteiger partial charge < -0.3 is 9.64 Å². The standard InChI is InChI=1S/C19H21NO2/c21-19(18-12-7-15-22-18)20(17-10-5-2-6-11-17)14-13-16-8-3-1-4-9-16/h1-6,8-11,18H,7,12-15H2. The molecular weight excluding hydrogens is 274 g/mol. The van der Waals surface area contributed by atoms with E-state index in [0.717, 1.165) is 24.9 Å². The number of carbonyl (C=O) groups is 1. The molecule has 2 aromatic rings. The molecule has 0 saturated carbocycles. The molecule has 3 rings (SSSR count). The SMILES string of the molecule is O=C(C1CCCO1)N(CCc1ccccc1)c1ccccc1. The summed E-state index contributed by atoms with van der Waals surface area (Å²) >= 11 is 0. The lowest BCUT2D eigenvalue weighted by Gasteiger charge is -2.25. The first-order chi connectivity index (χ1) is 10.8. The van der Waals surface area contributed by atoms with Gasteiger partial charge in [-0.3, -0.25) is 4.79 Å². The van der Waals surface area contributed by atoms with Gasteiger partial charge in [0.15, 0.2) is 0 Å². The molecule has 114 valence electrons. The van der Waals surface area contributed by atoms with Gasteiger partial charge in [-0.25, -0.2) is 0 Å². The molecule has 0 N–H and O–H groups in total. The van der Waals surface area contributed by atoms with Crippen molar-refractivity contribution in [1.82, 2.24) is 0 Å². The van der Waals surface area contributed by atoms with E-state index in [4.69, 9.17) is 4.74 Å². The largest absolute Gasteiger partial charge is 0.368 e. The molecule has 0 spiro atoms.